The van der Waals surface area contributed by atoms with Gasteiger partial charge in [-0.25, -0.2) is 4.98 Å². The van der Waals surface area contributed by atoms with Gasteiger partial charge in [0.05, 0.1) is 5.69 Å². The molecule has 0 aliphatic carbocycles. The maximum absolute atomic E-state index is 4.76. The van der Waals surface area contributed by atoms with Gasteiger partial charge in [-0.2, -0.15) is 0 Å². The molecule has 0 saturated carbocycles. The number of hydrogen-bond donors (Lipinski definition) is 1. The Balaban J connectivity index is 1.98. The lowest BCUT2D eigenvalue weighted by atomic mass is 10.1. The number of anilines is 1. The predicted molar refractivity (Wildman–Crippen MR) is 79.3 cm³/mol. The maximum atomic E-state index is 4.76. The summed E-state index contributed by atoms with van der Waals surface area (Å²) < 4.78 is 0. The van der Waals surface area contributed by atoms with Gasteiger partial charge in [0.25, 0.3) is 0 Å². The lowest BCUT2D eigenvalue weighted by Gasteiger charge is -2.21. The SMILES string of the molecule is CC1CC(C)N(c2nc(CNC(C)(C)C)cs2)C1. The van der Waals surface area contributed by atoms with Gasteiger partial charge in [-0.15, -0.1) is 11.3 Å². The Morgan fingerprint density at radius 1 is 1.44 bits per heavy atom. The van der Waals surface area contributed by atoms with E-state index >= 15 is 0 Å². The van der Waals surface area contributed by atoms with E-state index in [4.69, 9.17) is 4.98 Å². The minimum Gasteiger partial charge on any atom is -0.345 e. The van der Waals surface area contributed by atoms with Gasteiger partial charge in [-0.1, -0.05) is 6.92 Å². The van der Waals surface area contributed by atoms with Crippen molar-refractivity contribution < 1.29 is 0 Å². The van der Waals surface area contributed by atoms with Crippen LogP contribution in [0.2, 0.25) is 0 Å². The van der Waals surface area contributed by atoms with E-state index in [2.05, 4.69) is 50.2 Å². The van der Waals surface area contributed by atoms with E-state index in [1.54, 1.807) is 11.3 Å². The highest BCUT2D eigenvalue weighted by Crippen LogP contribution is 2.31. The van der Waals surface area contributed by atoms with Crippen molar-refractivity contribution in [3.8, 4) is 0 Å². The van der Waals surface area contributed by atoms with Crippen molar-refractivity contribution in [2.24, 2.45) is 5.92 Å². The largest absolute Gasteiger partial charge is 0.345 e. The summed E-state index contributed by atoms with van der Waals surface area (Å²) in [6.07, 6.45) is 1.29. The van der Waals surface area contributed by atoms with Gasteiger partial charge in [0.2, 0.25) is 0 Å². The Labute approximate surface area is 115 Å². The number of nitrogens with one attached hydrogen (secondary N) is 1. The van der Waals surface area contributed by atoms with Gasteiger partial charge < -0.3 is 10.2 Å². The van der Waals surface area contributed by atoms with E-state index in [-0.39, 0.29) is 5.54 Å². The van der Waals surface area contributed by atoms with Crippen molar-refractivity contribution in [2.75, 3.05) is 11.4 Å². The fourth-order valence-corrected chi connectivity index (χ4v) is 3.37. The average molecular weight is 267 g/mol. The third-order valence-corrected chi connectivity index (χ3v) is 4.30. The molecule has 102 valence electrons. The summed E-state index contributed by atoms with van der Waals surface area (Å²) >= 11 is 1.78. The van der Waals surface area contributed by atoms with Crippen LogP contribution in [0.1, 0.15) is 46.7 Å². The van der Waals surface area contributed by atoms with Crippen LogP contribution in [-0.2, 0) is 6.54 Å². The molecular weight excluding hydrogens is 242 g/mol. The monoisotopic (exact) mass is 267 g/mol. The van der Waals surface area contributed by atoms with Crippen molar-refractivity contribution >= 4 is 16.5 Å². The molecule has 1 aliphatic rings. The smallest absolute Gasteiger partial charge is 0.185 e. The van der Waals surface area contributed by atoms with Crippen molar-refractivity contribution in [1.82, 2.24) is 10.3 Å². The second kappa shape index (κ2) is 5.17. The highest BCUT2D eigenvalue weighted by molar-refractivity contribution is 7.13. The second-order valence-electron chi connectivity index (χ2n) is 6.57. The normalized spacial score (nSPS) is 24.8. The van der Waals surface area contributed by atoms with Crippen molar-refractivity contribution in [1.29, 1.82) is 0 Å². The van der Waals surface area contributed by atoms with Crippen molar-refractivity contribution in [3.63, 3.8) is 0 Å². The average Bonchev–Trinajstić information content (AvgIpc) is 2.81. The summed E-state index contributed by atoms with van der Waals surface area (Å²) in [5, 5.41) is 6.86. The first kappa shape index (κ1) is 13.8. The molecule has 0 spiro atoms. The Kier molecular flexibility index (Phi) is 3.97. The molecule has 1 aromatic rings. The minimum absolute atomic E-state index is 0.152. The van der Waals surface area contributed by atoms with Crippen LogP contribution in [0.5, 0.6) is 0 Å². The number of thiazole rings is 1. The predicted octanol–water partition coefficient (Wildman–Crippen LogP) is 3.27. The summed E-state index contributed by atoms with van der Waals surface area (Å²) in [6.45, 7) is 13.2. The third kappa shape index (κ3) is 3.45. The standard InChI is InChI=1S/C14H25N3S/c1-10-6-11(2)17(8-10)13-16-12(9-18-13)7-15-14(3,4)5/h9-11,15H,6-8H2,1-5H3. The first-order chi connectivity index (χ1) is 8.35. The molecule has 2 atom stereocenters. The van der Waals surface area contributed by atoms with Gasteiger partial charge in [0.15, 0.2) is 5.13 Å². The molecule has 18 heavy (non-hydrogen) atoms. The van der Waals surface area contributed by atoms with Crippen molar-refractivity contribution in [2.45, 2.75) is 59.2 Å². The lowest BCUT2D eigenvalue weighted by Crippen LogP contribution is -2.35. The van der Waals surface area contributed by atoms with Gasteiger partial charge in [-0.05, 0) is 40.0 Å². The second-order valence-corrected chi connectivity index (χ2v) is 7.40. The zero-order chi connectivity index (χ0) is 13.3. The molecule has 2 heterocycles. The highest BCUT2D eigenvalue weighted by atomic mass is 32.1. The summed E-state index contributed by atoms with van der Waals surface area (Å²) in [5.41, 5.74) is 1.32. The summed E-state index contributed by atoms with van der Waals surface area (Å²) in [5.74, 6) is 0.792. The number of rotatable bonds is 3. The highest BCUT2D eigenvalue weighted by Gasteiger charge is 2.28. The zero-order valence-electron chi connectivity index (χ0n) is 12.2. The molecule has 3 nitrogen and oxygen atoms in total. The van der Waals surface area contributed by atoms with Gasteiger partial charge >= 0.3 is 0 Å². The number of aromatic nitrogens is 1. The topological polar surface area (TPSA) is 28.2 Å². The summed E-state index contributed by atoms with van der Waals surface area (Å²) in [6, 6.07) is 0.634. The Morgan fingerprint density at radius 2 is 2.17 bits per heavy atom. The molecule has 2 unspecified atom stereocenters. The first-order valence-corrected chi connectivity index (χ1v) is 7.69. The Morgan fingerprint density at radius 3 is 2.72 bits per heavy atom. The van der Waals surface area contributed by atoms with Crippen LogP contribution in [0.15, 0.2) is 5.38 Å². The van der Waals surface area contributed by atoms with Crippen LogP contribution in [0.3, 0.4) is 0 Å². The Bertz CT molecular complexity index is 394. The van der Waals surface area contributed by atoms with E-state index in [0.29, 0.717) is 6.04 Å². The van der Waals surface area contributed by atoms with E-state index in [9.17, 15) is 0 Å². The van der Waals surface area contributed by atoms with Crippen LogP contribution in [-0.4, -0.2) is 23.1 Å². The molecule has 0 radical (unpaired) electrons. The summed E-state index contributed by atoms with van der Waals surface area (Å²) in [4.78, 5) is 7.22. The lowest BCUT2D eigenvalue weighted by molar-refractivity contribution is 0.422. The molecule has 1 N–H and O–H groups in total. The molecule has 4 heteroatoms. The van der Waals surface area contributed by atoms with Crippen LogP contribution < -0.4 is 10.2 Å². The Hall–Kier alpha value is -0.610. The van der Waals surface area contributed by atoms with Crippen molar-refractivity contribution in [3.05, 3.63) is 11.1 Å². The van der Waals surface area contributed by atoms with E-state index in [0.717, 1.165) is 24.7 Å². The van der Waals surface area contributed by atoms with E-state index in [1.807, 2.05) is 0 Å². The molecule has 0 aromatic carbocycles. The van der Waals surface area contributed by atoms with Crippen LogP contribution >= 0.6 is 11.3 Å². The molecular formula is C14H25N3S. The summed E-state index contributed by atoms with van der Waals surface area (Å²) in [7, 11) is 0. The third-order valence-electron chi connectivity index (χ3n) is 3.37. The van der Waals surface area contributed by atoms with Gasteiger partial charge in [0.1, 0.15) is 0 Å². The molecule has 1 fully saturated rings. The fourth-order valence-electron chi connectivity index (χ4n) is 2.43. The van der Waals surface area contributed by atoms with Crippen LogP contribution in [0, 0.1) is 5.92 Å². The zero-order valence-corrected chi connectivity index (χ0v) is 13.0. The van der Waals surface area contributed by atoms with E-state index < -0.39 is 0 Å². The fraction of sp³-hybridized carbons (Fsp3) is 0.786. The van der Waals surface area contributed by atoms with Gasteiger partial charge in [-0.3, -0.25) is 0 Å². The van der Waals surface area contributed by atoms with Gasteiger partial charge in [0, 0.05) is 30.1 Å². The van der Waals surface area contributed by atoms with E-state index in [1.165, 1.54) is 11.6 Å². The molecule has 1 aliphatic heterocycles. The molecule has 0 bridgehead atoms. The first-order valence-electron chi connectivity index (χ1n) is 6.81. The molecule has 1 aromatic heterocycles. The number of hydrogen-bond acceptors (Lipinski definition) is 4. The number of nitrogens with zero attached hydrogens (tertiary/aromatic N) is 2. The molecule has 2 rings (SSSR count). The minimum atomic E-state index is 0.152. The quantitative estimate of drug-likeness (QED) is 0.911. The maximum Gasteiger partial charge on any atom is 0.185 e. The van der Waals surface area contributed by atoms with Crippen LogP contribution in [0.4, 0.5) is 5.13 Å². The molecule has 1 saturated heterocycles. The molecule has 0 amide bonds. The van der Waals surface area contributed by atoms with Crippen LogP contribution in [0.25, 0.3) is 0 Å².